The highest BCUT2D eigenvalue weighted by Gasteiger charge is 2.42. The summed E-state index contributed by atoms with van der Waals surface area (Å²) in [5.74, 6) is -0.599. The highest BCUT2D eigenvalue weighted by molar-refractivity contribution is 7.89. The van der Waals surface area contributed by atoms with Gasteiger partial charge in [-0.15, -0.1) is 0 Å². The first-order valence-corrected chi connectivity index (χ1v) is 17.5. The van der Waals surface area contributed by atoms with Crippen LogP contribution < -0.4 is 4.72 Å². The molecular weight excluding hydrogens is 611 g/mol. The van der Waals surface area contributed by atoms with Gasteiger partial charge in [-0.05, 0) is 79.6 Å². The van der Waals surface area contributed by atoms with E-state index in [-0.39, 0.29) is 22.9 Å². The third kappa shape index (κ3) is 6.59. The number of carbonyl (C=O) groups excluding carboxylic acids is 1. The molecule has 242 valence electrons. The summed E-state index contributed by atoms with van der Waals surface area (Å²) in [6, 6.07) is 32.8. The molecule has 4 aromatic carbocycles. The van der Waals surface area contributed by atoms with Gasteiger partial charge in [-0.25, -0.2) is 22.9 Å². The summed E-state index contributed by atoms with van der Waals surface area (Å²) < 4.78 is 36.8. The van der Waals surface area contributed by atoms with Crippen LogP contribution in [0.25, 0.3) is 22.3 Å². The minimum absolute atomic E-state index is 0.0181. The van der Waals surface area contributed by atoms with E-state index in [1.807, 2.05) is 67.6 Å². The molecular formula is C38H39N3O5S. The molecule has 9 heteroatoms. The van der Waals surface area contributed by atoms with Crippen molar-refractivity contribution in [3.05, 3.63) is 131 Å². The van der Waals surface area contributed by atoms with Crippen LogP contribution in [0, 0.1) is 0 Å². The molecule has 6 rings (SSSR count). The number of esters is 1. The Labute approximate surface area is 275 Å². The van der Waals surface area contributed by atoms with Crippen LogP contribution >= 0.6 is 0 Å². The van der Waals surface area contributed by atoms with Crippen LogP contribution in [-0.4, -0.2) is 41.7 Å². The summed E-state index contributed by atoms with van der Waals surface area (Å²) >= 11 is 0. The van der Waals surface area contributed by atoms with Gasteiger partial charge in [-0.3, -0.25) is 4.57 Å². The number of imidazole rings is 1. The van der Waals surface area contributed by atoms with Gasteiger partial charge in [0.15, 0.2) is 0 Å². The lowest BCUT2D eigenvalue weighted by Gasteiger charge is -2.38. The smallest absolute Gasteiger partial charge is 0.342 e. The molecule has 0 saturated carbocycles. The Bertz CT molecular complexity index is 1990. The highest BCUT2D eigenvalue weighted by atomic mass is 32.2. The predicted octanol–water partition coefficient (Wildman–Crippen LogP) is 7.11. The summed E-state index contributed by atoms with van der Waals surface area (Å²) in [6.07, 6.45) is 3.91. The Kier molecular flexibility index (Phi) is 9.29. The van der Waals surface area contributed by atoms with E-state index >= 15 is 0 Å². The molecule has 0 radical (unpaired) electrons. The van der Waals surface area contributed by atoms with Gasteiger partial charge < -0.3 is 9.84 Å². The zero-order valence-electron chi connectivity index (χ0n) is 26.6. The monoisotopic (exact) mass is 649 g/mol. The number of para-hydroxylation sites is 2. The number of rotatable bonds is 12. The molecule has 2 N–H and O–H groups in total. The molecule has 1 aliphatic rings. The standard InChI is InChI=1S/C38H39N3O5S/c1-3-13-29-30(18-12-21-32(29)41-33-20-11-10-19-31(33)40-37(41)47(44,45)39-2)35-34(42)26-38(46-36(35)43,24-22-27-14-6-4-7-15-27)25-23-28-16-8-5-9-17-28/h4-12,14-21,39,42H,3,13,22-26H2,1-2H3. The van der Waals surface area contributed by atoms with E-state index in [1.54, 1.807) is 22.8 Å². The van der Waals surface area contributed by atoms with Crippen LogP contribution in [0.4, 0.5) is 0 Å². The lowest BCUT2D eigenvalue weighted by molar-refractivity contribution is -0.157. The van der Waals surface area contributed by atoms with Crippen molar-refractivity contribution in [3.63, 3.8) is 0 Å². The van der Waals surface area contributed by atoms with Crippen molar-refractivity contribution < 1.29 is 23.1 Å². The summed E-state index contributed by atoms with van der Waals surface area (Å²) in [5, 5.41) is 11.6. The molecule has 1 aliphatic heterocycles. The average Bonchev–Trinajstić information content (AvgIpc) is 3.48. The fourth-order valence-electron chi connectivity index (χ4n) is 6.54. The van der Waals surface area contributed by atoms with Crippen LogP contribution in [-0.2, 0) is 38.8 Å². The number of nitrogens with one attached hydrogen (secondary N) is 1. The van der Waals surface area contributed by atoms with Crippen molar-refractivity contribution in [1.82, 2.24) is 14.3 Å². The number of aromatic nitrogens is 2. The minimum atomic E-state index is -3.95. The normalized spacial score (nSPS) is 14.8. The van der Waals surface area contributed by atoms with Gasteiger partial charge >= 0.3 is 5.97 Å². The molecule has 0 atom stereocenters. The molecule has 1 aromatic heterocycles. The van der Waals surface area contributed by atoms with Crippen molar-refractivity contribution >= 4 is 32.6 Å². The number of aryl methyl sites for hydroxylation is 2. The van der Waals surface area contributed by atoms with Crippen LogP contribution in [0.2, 0.25) is 0 Å². The number of aliphatic hydroxyl groups is 1. The first-order valence-electron chi connectivity index (χ1n) is 16.0. The molecule has 0 amide bonds. The van der Waals surface area contributed by atoms with E-state index in [9.17, 15) is 18.3 Å². The zero-order valence-corrected chi connectivity index (χ0v) is 27.5. The second-order valence-corrected chi connectivity index (χ2v) is 13.8. The minimum Gasteiger partial charge on any atom is -0.511 e. The fraction of sp³-hybridized carbons (Fsp3) is 0.263. The zero-order chi connectivity index (χ0) is 33.0. The Balaban J connectivity index is 1.45. The van der Waals surface area contributed by atoms with Gasteiger partial charge in [0.1, 0.15) is 16.9 Å². The van der Waals surface area contributed by atoms with E-state index in [1.165, 1.54) is 7.05 Å². The molecule has 8 nitrogen and oxygen atoms in total. The van der Waals surface area contributed by atoms with Gasteiger partial charge in [0, 0.05) is 6.42 Å². The second-order valence-electron chi connectivity index (χ2n) is 12.0. The molecule has 5 aromatic rings. The SMILES string of the molecule is CCCc1c(C2=C(O)CC(CCc3ccccc3)(CCc3ccccc3)OC2=O)cccc1-n1c(S(=O)(=O)NC)nc2ccccc21. The molecule has 0 fully saturated rings. The third-order valence-electron chi connectivity index (χ3n) is 8.92. The van der Waals surface area contributed by atoms with Crippen molar-refractivity contribution in [2.45, 2.75) is 62.6 Å². The Morgan fingerprint density at radius 2 is 1.47 bits per heavy atom. The van der Waals surface area contributed by atoms with Crippen molar-refractivity contribution in [2.75, 3.05) is 7.05 Å². The fourth-order valence-corrected chi connectivity index (χ4v) is 7.38. The quantitative estimate of drug-likeness (QED) is 0.140. The van der Waals surface area contributed by atoms with Gasteiger partial charge in [-0.2, -0.15) is 0 Å². The highest BCUT2D eigenvalue weighted by Crippen LogP contribution is 2.42. The maximum absolute atomic E-state index is 14.1. The number of ether oxygens (including phenoxy) is 1. The molecule has 0 unspecified atom stereocenters. The summed E-state index contributed by atoms with van der Waals surface area (Å²) in [5.41, 5.74) is 4.45. The molecule has 0 saturated heterocycles. The molecule has 0 spiro atoms. The number of cyclic esters (lactones) is 1. The third-order valence-corrected chi connectivity index (χ3v) is 10.2. The molecule has 47 heavy (non-hydrogen) atoms. The number of fused-ring (bicyclic) bond motifs is 1. The topological polar surface area (TPSA) is 111 Å². The van der Waals surface area contributed by atoms with Gasteiger partial charge in [-0.1, -0.05) is 98.3 Å². The van der Waals surface area contributed by atoms with Crippen LogP contribution in [0.1, 0.15) is 54.9 Å². The number of hydrogen-bond acceptors (Lipinski definition) is 6. The number of nitrogens with zero attached hydrogens (tertiary/aromatic N) is 2. The molecule has 0 bridgehead atoms. The van der Waals surface area contributed by atoms with Gasteiger partial charge in [0.25, 0.3) is 10.0 Å². The van der Waals surface area contributed by atoms with E-state index < -0.39 is 21.6 Å². The van der Waals surface area contributed by atoms with Crippen LogP contribution in [0.15, 0.2) is 114 Å². The number of sulfonamides is 1. The van der Waals surface area contributed by atoms with Crippen molar-refractivity contribution in [2.24, 2.45) is 0 Å². The predicted molar refractivity (Wildman–Crippen MR) is 184 cm³/mol. The largest absolute Gasteiger partial charge is 0.511 e. The van der Waals surface area contributed by atoms with Crippen molar-refractivity contribution in [3.8, 4) is 5.69 Å². The van der Waals surface area contributed by atoms with Crippen LogP contribution in [0.5, 0.6) is 0 Å². The Morgan fingerprint density at radius 1 is 0.851 bits per heavy atom. The summed E-state index contributed by atoms with van der Waals surface area (Å²) in [7, 11) is -2.60. The average molecular weight is 650 g/mol. The number of hydrogen-bond donors (Lipinski definition) is 2. The summed E-state index contributed by atoms with van der Waals surface area (Å²) in [6.45, 7) is 2.02. The maximum atomic E-state index is 14.1. The summed E-state index contributed by atoms with van der Waals surface area (Å²) in [4.78, 5) is 18.6. The lowest BCUT2D eigenvalue weighted by Crippen LogP contribution is -2.41. The van der Waals surface area contributed by atoms with E-state index in [4.69, 9.17) is 4.74 Å². The number of benzene rings is 4. The maximum Gasteiger partial charge on any atom is 0.342 e. The molecule has 0 aliphatic carbocycles. The molecule has 2 heterocycles. The first-order chi connectivity index (χ1) is 22.7. The van der Waals surface area contributed by atoms with Gasteiger partial charge in [0.05, 0.1) is 16.7 Å². The van der Waals surface area contributed by atoms with Gasteiger partial charge in [0.2, 0.25) is 5.16 Å². The lowest BCUT2D eigenvalue weighted by atomic mass is 9.81. The number of aliphatic hydroxyl groups excluding tert-OH is 1. The Hall–Kier alpha value is -4.73. The van der Waals surface area contributed by atoms with Crippen molar-refractivity contribution in [1.29, 1.82) is 0 Å². The van der Waals surface area contributed by atoms with E-state index in [0.29, 0.717) is 60.8 Å². The first kappa shape index (κ1) is 32.2. The van der Waals surface area contributed by atoms with Crippen LogP contribution in [0.3, 0.4) is 0 Å². The van der Waals surface area contributed by atoms with E-state index in [2.05, 4.69) is 34.0 Å². The van der Waals surface area contributed by atoms with E-state index in [0.717, 1.165) is 16.7 Å². The number of carbonyl (C=O) groups is 1. The Morgan fingerprint density at radius 3 is 2.06 bits per heavy atom. The second kappa shape index (κ2) is 13.6.